The van der Waals surface area contributed by atoms with Crippen molar-refractivity contribution >= 4 is 21.5 Å². The van der Waals surface area contributed by atoms with Gasteiger partial charge in [0.2, 0.25) is 6.23 Å². The van der Waals surface area contributed by atoms with Crippen LogP contribution in [0.5, 0.6) is 0 Å². The summed E-state index contributed by atoms with van der Waals surface area (Å²) in [5, 5.41) is 10.0. The van der Waals surface area contributed by atoms with Gasteiger partial charge in [-0.05, 0) is 6.07 Å². The molecule has 0 bridgehead atoms. The van der Waals surface area contributed by atoms with Crippen molar-refractivity contribution in [3.63, 3.8) is 0 Å². The number of nitrogen functional groups attached to an aromatic ring is 1. The smallest absolute Gasteiger partial charge is 0.383 e. The maximum atomic E-state index is 14.6. The Morgan fingerprint density at radius 1 is 1.43 bits per heavy atom. The van der Waals surface area contributed by atoms with E-state index < -0.39 is 51.8 Å². The largest absolute Gasteiger partial charge is 0.481 e. The topological polar surface area (TPSA) is 204 Å². The molecule has 1 aromatic heterocycles. The summed E-state index contributed by atoms with van der Waals surface area (Å²) in [5.41, 5.74) is 1.47. The molecule has 0 aliphatic carbocycles. The number of aliphatic hydroxyl groups excluding tert-OH is 1. The molecule has 6 N–H and O–H groups in total. The number of phosphoric acid groups is 2. The highest BCUT2D eigenvalue weighted by Crippen LogP contribution is 2.59. The van der Waals surface area contributed by atoms with Crippen LogP contribution >= 0.6 is 15.6 Å². The van der Waals surface area contributed by atoms with E-state index >= 15 is 0 Å². The summed E-state index contributed by atoms with van der Waals surface area (Å²) >= 11 is 0. The highest BCUT2D eigenvalue weighted by molar-refractivity contribution is 7.60. The van der Waals surface area contributed by atoms with E-state index in [1.54, 1.807) is 0 Å². The first-order valence-corrected chi connectivity index (χ1v) is 10.1. The van der Waals surface area contributed by atoms with Crippen LogP contribution in [0, 0.1) is 0 Å². The second kappa shape index (κ2) is 7.37. The van der Waals surface area contributed by atoms with Crippen LogP contribution in [-0.4, -0.2) is 53.6 Å². The Bertz CT molecular complexity index is 920. The third kappa shape index (κ3) is 4.54. The molecule has 2 rings (SSSR count). The van der Waals surface area contributed by atoms with E-state index in [0.717, 1.165) is 12.3 Å². The van der Waals surface area contributed by atoms with Crippen LogP contribution in [0.25, 0.3) is 0 Å². The van der Waals surface area contributed by atoms with Gasteiger partial charge >= 0.3 is 27.3 Å². The van der Waals surface area contributed by atoms with Crippen LogP contribution < -0.4 is 11.4 Å². The van der Waals surface area contributed by atoms with Crippen molar-refractivity contribution < 1.29 is 51.3 Å². The average Bonchev–Trinajstić information content (AvgIpc) is 2.72. The highest BCUT2D eigenvalue weighted by atomic mass is 31.3. The van der Waals surface area contributed by atoms with Gasteiger partial charge in [-0.3, -0.25) is 9.09 Å². The van der Waals surface area contributed by atoms with Crippen LogP contribution in [0.1, 0.15) is 6.23 Å². The first kappa shape index (κ1) is 22.7. The molecule has 1 aliphatic heterocycles. The second-order valence-electron chi connectivity index (χ2n) is 5.56. The molecule has 13 nitrogen and oxygen atoms in total. The Morgan fingerprint density at radius 3 is 2.54 bits per heavy atom. The fraction of sp³-hybridized carbons (Fsp3) is 0.455. The SMILES string of the molecule is C=C[C@]1(COP(=O)(O)OP(=O)(O)O)O[C@@H](n2ccc(N)nc2=O)C(F)(F)[C@@H]1O. The Morgan fingerprint density at radius 2 is 2.04 bits per heavy atom. The van der Waals surface area contributed by atoms with Gasteiger partial charge in [0, 0.05) is 6.20 Å². The number of hydrogen-bond donors (Lipinski definition) is 5. The minimum absolute atomic E-state index is 0.266. The van der Waals surface area contributed by atoms with E-state index in [2.05, 4.69) is 20.4 Å². The fourth-order valence-corrected chi connectivity index (χ4v) is 3.96. The molecule has 0 aromatic carbocycles. The first-order chi connectivity index (χ1) is 12.6. The zero-order valence-electron chi connectivity index (χ0n) is 13.7. The van der Waals surface area contributed by atoms with Crippen molar-refractivity contribution in [1.29, 1.82) is 0 Å². The second-order valence-corrected chi connectivity index (χ2v) is 8.39. The molecule has 1 aliphatic rings. The van der Waals surface area contributed by atoms with E-state index in [4.69, 9.17) is 20.3 Å². The molecule has 0 spiro atoms. The lowest BCUT2D eigenvalue weighted by molar-refractivity contribution is -0.142. The van der Waals surface area contributed by atoms with Crippen LogP contribution in [0.2, 0.25) is 0 Å². The number of aliphatic hydroxyl groups is 1. The van der Waals surface area contributed by atoms with Crippen molar-refractivity contribution in [2.75, 3.05) is 12.3 Å². The molecular weight excluding hydrogens is 434 g/mol. The summed E-state index contributed by atoms with van der Waals surface area (Å²) in [6.45, 7) is 1.85. The van der Waals surface area contributed by atoms with E-state index in [0.29, 0.717) is 10.6 Å². The third-order valence-corrected chi connectivity index (χ3v) is 5.73. The molecule has 158 valence electrons. The Labute approximate surface area is 154 Å². The lowest BCUT2D eigenvalue weighted by atomic mass is 9.95. The lowest BCUT2D eigenvalue weighted by Crippen LogP contribution is -2.48. The minimum atomic E-state index is -5.47. The average molecular weight is 449 g/mol. The quantitative estimate of drug-likeness (QED) is 0.264. The summed E-state index contributed by atoms with van der Waals surface area (Å²) in [6.07, 6.45) is -3.75. The highest BCUT2D eigenvalue weighted by Gasteiger charge is 2.66. The zero-order chi connectivity index (χ0) is 21.5. The number of hydrogen-bond acceptors (Lipinski definition) is 9. The van der Waals surface area contributed by atoms with Gasteiger partial charge in [-0.15, -0.1) is 6.58 Å². The van der Waals surface area contributed by atoms with Crippen LogP contribution in [0.15, 0.2) is 29.7 Å². The van der Waals surface area contributed by atoms with Crippen molar-refractivity contribution in [2.24, 2.45) is 0 Å². The lowest BCUT2D eigenvalue weighted by Gasteiger charge is -2.28. The van der Waals surface area contributed by atoms with Crippen molar-refractivity contribution in [2.45, 2.75) is 23.9 Å². The molecule has 1 fully saturated rings. The van der Waals surface area contributed by atoms with Gasteiger partial charge in [-0.1, -0.05) is 6.08 Å². The Hall–Kier alpha value is -1.54. The summed E-state index contributed by atoms with van der Waals surface area (Å²) in [7, 11) is -10.9. The van der Waals surface area contributed by atoms with E-state index in [1.807, 2.05) is 0 Å². The van der Waals surface area contributed by atoms with Gasteiger partial charge in [0.05, 0.1) is 6.61 Å². The molecule has 1 unspecified atom stereocenters. The molecule has 2 heterocycles. The van der Waals surface area contributed by atoms with E-state index in [-0.39, 0.29) is 5.82 Å². The molecule has 17 heteroatoms. The maximum Gasteiger partial charge on any atom is 0.481 e. The van der Waals surface area contributed by atoms with Gasteiger partial charge < -0.3 is 30.3 Å². The standard InChI is InChI=1S/C11H15F2N3O10P2/c1-2-10(5-24-28(22,23)26-27(19,20)21)7(17)11(12,13)8(25-10)16-4-3-6(14)15-9(16)18/h2-4,7-8,17H,1,5H2,(H,22,23)(H2,14,15,18)(H2,19,20,21)/t7-,8-,10-/m1/s1. The number of ether oxygens (including phenoxy) is 1. The van der Waals surface area contributed by atoms with Crippen LogP contribution in [-0.2, 0) is 22.7 Å². The molecule has 0 radical (unpaired) electrons. The number of aromatic nitrogens is 2. The van der Waals surface area contributed by atoms with Crippen molar-refractivity contribution in [3.8, 4) is 0 Å². The molecule has 0 saturated carbocycles. The zero-order valence-corrected chi connectivity index (χ0v) is 15.5. The van der Waals surface area contributed by atoms with Crippen molar-refractivity contribution in [3.05, 3.63) is 35.4 Å². The number of anilines is 1. The molecule has 4 atom stereocenters. The summed E-state index contributed by atoms with van der Waals surface area (Å²) in [5.74, 6) is -4.42. The first-order valence-electron chi connectivity index (χ1n) is 7.10. The van der Waals surface area contributed by atoms with Crippen LogP contribution in [0.4, 0.5) is 14.6 Å². The number of rotatable bonds is 7. The van der Waals surface area contributed by atoms with E-state index in [1.165, 1.54) is 0 Å². The number of nitrogens with two attached hydrogens (primary N) is 1. The predicted octanol–water partition coefficient (Wildman–Crippen LogP) is -0.498. The molecule has 1 saturated heterocycles. The Kier molecular flexibility index (Phi) is 5.99. The summed E-state index contributed by atoms with van der Waals surface area (Å²) < 4.78 is 64.4. The Balaban J connectivity index is 2.35. The van der Waals surface area contributed by atoms with Gasteiger partial charge in [-0.25, -0.2) is 13.9 Å². The molecule has 1 aromatic rings. The molecule has 0 amide bonds. The number of halogens is 2. The monoisotopic (exact) mass is 449 g/mol. The summed E-state index contributed by atoms with van der Waals surface area (Å²) in [6, 6.07) is 1.01. The summed E-state index contributed by atoms with van der Waals surface area (Å²) in [4.78, 5) is 41.4. The van der Waals surface area contributed by atoms with Gasteiger partial charge in [0.1, 0.15) is 11.4 Å². The van der Waals surface area contributed by atoms with E-state index in [9.17, 15) is 32.7 Å². The number of alkyl halides is 2. The third-order valence-electron chi connectivity index (χ3n) is 3.60. The van der Waals surface area contributed by atoms with Crippen LogP contribution in [0.3, 0.4) is 0 Å². The maximum absolute atomic E-state index is 14.6. The normalized spacial score (nSPS) is 29.4. The number of nitrogens with zero attached hydrogens (tertiary/aromatic N) is 2. The molecule has 28 heavy (non-hydrogen) atoms. The van der Waals surface area contributed by atoms with Crippen molar-refractivity contribution in [1.82, 2.24) is 9.55 Å². The molecular formula is C11H15F2N3O10P2. The minimum Gasteiger partial charge on any atom is -0.383 e. The number of phosphoric ester groups is 1. The fourth-order valence-electron chi connectivity index (χ4n) is 2.33. The van der Waals surface area contributed by atoms with Gasteiger partial charge in [-0.2, -0.15) is 18.1 Å². The predicted molar refractivity (Wildman–Crippen MR) is 85.8 cm³/mol. The van der Waals surface area contributed by atoms with Gasteiger partial charge in [0.15, 0.2) is 6.10 Å². The van der Waals surface area contributed by atoms with Gasteiger partial charge in [0.25, 0.3) is 0 Å².